The number of carbonyl (C=O) groups is 2. The van der Waals surface area contributed by atoms with E-state index in [4.69, 9.17) is 5.73 Å². The van der Waals surface area contributed by atoms with Crippen LogP contribution in [0.3, 0.4) is 0 Å². The SMILES string of the molecule is CC=C=C(C)C(=O)OC(=O)CN. The summed E-state index contributed by atoms with van der Waals surface area (Å²) in [4.78, 5) is 21.4. The molecule has 4 nitrogen and oxygen atoms in total. The molecule has 4 heteroatoms. The van der Waals surface area contributed by atoms with Gasteiger partial charge in [0.2, 0.25) is 0 Å². The Bertz CT molecular complexity index is 249. The molecule has 0 heterocycles. The molecule has 12 heavy (non-hydrogen) atoms. The van der Waals surface area contributed by atoms with E-state index in [0.29, 0.717) is 0 Å². The highest BCUT2D eigenvalue weighted by Gasteiger charge is 2.09. The average Bonchev–Trinajstić information content (AvgIpc) is 2.04. The van der Waals surface area contributed by atoms with Crippen molar-refractivity contribution in [1.29, 1.82) is 0 Å². The van der Waals surface area contributed by atoms with Crippen molar-refractivity contribution in [2.45, 2.75) is 13.8 Å². The second-order valence-corrected chi connectivity index (χ2v) is 2.02. The molecule has 0 bridgehead atoms. The Labute approximate surface area is 70.7 Å². The van der Waals surface area contributed by atoms with E-state index >= 15 is 0 Å². The highest BCUT2D eigenvalue weighted by molar-refractivity contribution is 5.95. The van der Waals surface area contributed by atoms with Gasteiger partial charge in [-0.25, -0.2) is 4.79 Å². The molecular weight excluding hydrogens is 158 g/mol. The minimum atomic E-state index is -0.739. The molecule has 0 aromatic heterocycles. The van der Waals surface area contributed by atoms with E-state index in [1.807, 2.05) is 0 Å². The molecule has 66 valence electrons. The summed E-state index contributed by atoms with van der Waals surface area (Å²) in [6.07, 6.45) is 1.56. The van der Waals surface area contributed by atoms with Gasteiger partial charge >= 0.3 is 11.9 Å². The maximum atomic E-state index is 10.9. The number of hydrogen-bond acceptors (Lipinski definition) is 4. The lowest BCUT2D eigenvalue weighted by Gasteiger charge is -1.97. The van der Waals surface area contributed by atoms with Crippen LogP contribution in [0.1, 0.15) is 13.8 Å². The molecule has 0 saturated heterocycles. The Morgan fingerprint density at radius 2 is 2.17 bits per heavy atom. The minimum absolute atomic E-state index is 0.249. The van der Waals surface area contributed by atoms with Crippen molar-refractivity contribution in [3.63, 3.8) is 0 Å². The third-order valence-electron chi connectivity index (χ3n) is 1.04. The van der Waals surface area contributed by atoms with Gasteiger partial charge in [0.15, 0.2) is 0 Å². The second kappa shape index (κ2) is 5.29. The van der Waals surface area contributed by atoms with E-state index in [1.54, 1.807) is 13.0 Å². The molecule has 0 atom stereocenters. The monoisotopic (exact) mass is 169 g/mol. The molecule has 0 spiro atoms. The second-order valence-electron chi connectivity index (χ2n) is 2.02. The van der Waals surface area contributed by atoms with Crippen LogP contribution in [0.5, 0.6) is 0 Å². The van der Waals surface area contributed by atoms with E-state index < -0.39 is 11.9 Å². The van der Waals surface area contributed by atoms with Gasteiger partial charge < -0.3 is 10.5 Å². The summed E-state index contributed by atoms with van der Waals surface area (Å²) in [6.45, 7) is 2.92. The van der Waals surface area contributed by atoms with Crippen LogP contribution in [0.25, 0.3) is 0 Å². The minimum Gasteiger partial charge on any atom is -0.388 e. The third kappa shape index (κ3) is 3.71. The Hall–Kier alpha value is -1.38. The molecule has 0 aliphatic carbocycles. The van der Waals surface area contributed by atoms with Gasteiger partial charge in [0.05, 0.1) is 12.1 Å². The van der Waals surface area contributed by atoms with Crippen LogP contribution < -0.4 is 5.73 Å². The largest absolute Gasteiger partial charge is 0.388 e. The molecule has 0 amide bonds. The molecule has 0 saturated carbocycles. The predicted octanol–water partition coefficient (Wildman–Crippen LogP) is 0.136. The predicted molar refractivity (Wildman–Crippen MR) is 43.1 cm³/mol. The average molecular weight is 169 g/mol. The summed E-state index contributed by atoms with van der Waals surface area (Å²) >= 11 is 0. The summed E-state index contributed by atoms with van der Waals surface area (Å²) in [7, 11) is 0. The maximum absolute atomic E-state index is 10.9. The first-order valence-electron chi connectivity index (χ1n) is 3.44. The molecule has 0 aliphatic heterocycles. The van der Waals surface area contributed by atoms with E-state index in [-0.39, 0.29) is 12.1 Å². The number of carbonyl (C=O) groups excluding carboxylic acids is 2. The summed E-state index contributed by atoms with van der Waals surface area (Å²) in [5, 5.41) is 0. The number of hydrogen-bond donors (Lipinski definition) is 1. The van der Waals surface area contributed by atoms with Crippen LogP contribution in [0.15, 0.2) is 17.4 Å². The van der Waals surface area contributed by atoms with Gasteiger partial charge in [0.25, 0.3) is 0 Å². The lowest BCUT2D eigenvalue weighted by Crippen LogP contribution is -2.20. The molecule has 2 N–H and O–H groups in total. The lowest BCUT2D eigenvalue weighted by molar-refractivity contribution is -0.155. The van der Waals surface area contributed by atoms with E-state index in [9.17, 15) is 9.59 Å². The van der Waals surface area contributed by atoms with Gasteiger partial charge in [-0.15, -0.1) is 5.73 Å². The molecule has 0 radical (unpaired) electrons. The fourth-order valence-electron chi connectivity index (χ4n) is 0.497. The van der Waals surface area contributed by atoms with Crippen LogP contribution in [0, 0.1) is 0 Å². The first kappa shape index (κ1) is 10.6. The summed E-state index contributed by atoms with van der Waals surface area (Å²) in [5.74, 6) is -1.44. The molecule has 0 aliphatic rings. The van der Waals surface area contributed by atoms with Crippen LogP contribution in [0.4, 0.5) is 0 Å². The van der Waals surface area contributed by atoms with Gasteiger partial charge in [0.1, 0.15) is 0 Å². The van der Waals surface area contributed by atoms with Crippen LogP contribution >= 0.6 is 0 Å². The molecule has 0 rings (SSSR count). The fraction of sp³-hybridized carbons (Fsp3) is 0.375. The van der Waals surface area contributed by atoms with Crippen molar-refractivity contribution >= 4 is 11.9 Å². The highest BCUT2D eigenvalue weighted by atomic mass is 16.6. The topological polar surface area (TPSA) is 69.4 Å². The highest BCUT2D eigenvalue weighted by Crippen LogP contribution is 1.93. The molecule has 0 aromatic rings. The molecule has 0 aromatic carbocycles. The summed E-state index contributed by atoms with van der Waals surface area (Å²) in [5.41, 5.74) is 7.78. The smallest absolute Gasteiger partial charge is 0.349 e. The Morgan fingerprint density at radius 3 is 2.58 bits per heavy atom. The van der Waals surface area contributed by atoms with Crippen molar-refractivity contribution in [3.8, 4) is 0 Å². The van der Waals surface area contributed by atoms with Crippen LogP contribution in [-0.2, 0) is 14.3 Å². The van der Waals surface area contributed by atoms with Gasteiger partial charge in [-0.1, -0.05) is 0 Å². The zero-order chi connectivity index (χ0) is 9.56. The van der Waals surface area contributed by atoms with E-state index in [1.165, 1.54) is 6.92 Å². The van der Waals surface area contributed by atoms with Crippen LogP contribution in [0.2, 0.25) is 0 Å². The molecular formula is C8H11NO3. The van der Waals surface area contributed by atoms with E-state index in [0.717, 1.165) is 0 Å². The van der Waals surface area contributed by atoms with Crippen molar-refractivity contribution < 1.29 is 14.3 Å². The zero-order valence-electron chi connectivity index (χ0n) is 7.09. The Balaban J connectivity index is 4.24. The van der Waals surface area contributed by atoms with Gasteiger partial charge in [-0.05, 0) is 19.9 Å². The van der Waals surface area contributed by atoms with Crippen molar-refractivity contribution in [1.82, 2.24) is 0 Å². The van der Waals surface area contributed by atoms with Crippen molar-refractivity contribution in [2.75, 3.05) is 6.54 Å². The Kier molecular flexibility index (Phi) is 4.69. The molecule has 0 fully saturated rings. The standard InChI is InChI=1S/C8H11NO3/c1-3-4-6(2)8(11)12-7(10)5-9/h3H,5,9H2,1-2H3. The van der Waals surface area contributed by atoms with Crippen molar-refractivity contribution in [3.05, 3.63) is 17.4 Å². The summed E-state index contributed by atoms with van der Waals surface area (Å²) < 4.78 is 4.29. The normalized spacial score (nSPS) is 8.25. The molecule has 0 unspecified atom stereocenters. The third-order valence-corrected chi connectivity index (χ3v) is 1.04. The number of esters is 2. The lowest BCUT2D eigenvalue weighted by atomic mass is 10.3. The maximum Gasteiger partial charge on any atom is 0.349 e. The van der Waals surface area contributed by atoms with Gasteiger partial charge in [0, 0.05) is 0 Å². The fourth-order valence-corrected chi connectivity index (χ4v) is 0.497. The summed E-state index contributed by atoms with van der Waals surface area (Å²) in [6, 6.07) is 0. The number of rotatable bonds is 2. The number of nitrogens with two attached hydrogens (primary N) is 1. The van der Waals surface area contributed by atoms with Gasteiger partial charge in [-0.2, -0.15) is 0 Å². The number of ether oxygens (including phenoxy) is 1. The van der Waals surface area contributed by atoms with Crippen molar-refractivity contribution in [2.24, 2.45) is 5.73 Å². The van der Waals surface area contributed by atoms with Gasteiger partial charge in [-0.3, -0.25) is 4.79 Å². The first-order valence-corrected chi connectivity index (χ1v) is 3.44. The quantitative estimate of drug-likeness (QED) is 0.276. The Morgan fingerprint density at radius 1 is 1.58 bits per heavy atom. The van der Waals surface area contributed by atoms with Crippen LogP contribution in [-0.4, -0.2) is 18.5 Å². The van der Waals surface area contributed by atoms with E-state index in [2.05, 4.69) is 10.5 Å². The zero-order valence-corrected chi connectivity index (χ0v) is 7.09. The first-order chi connectivity index (χ1) is 5.61.